The van der Waals surface area contributed by atoms with Gasteiger partial charge in [-0.05, 0) is 19.1 Å². The van der Waals surface area contributed by atoms with Crippen LogP contribution in [-0.2, 0) is 10.0 Å². The van der Waals surface area contributed by atoms with Crippen LogP contribution in [0.5, 0.6) is 0 Å². The first-order valence-electron chi connectivity index (χ1n) is 5.59. The maximum atomic E-state index is 12.4. The van der Waals surface area contributed by atoms with E-state index in [0.29, 0.717) is 17.2 Å². The average molecular weight is 333 g/mol. The van der Waals surface area contributed by atoms with Gasteiger partial charge in [0.25, 0.3) is 10.0 Å². The van der Waals surface area contributed by atoms with Crippen LogP contribution in [0.3, 0.4) is 0 Å². The molecule has 2 heterocycles. The van der Waals surface area contributed by atoms with Gasteiger partial charge < -0.3 is 4.90 Å². The van der Waals surface area contributed by atoms with Crippen LogP contribution in [-0.4, -0.2) is 32.5 Å². The van der Waals surface area contributed by atoms with Crippen molar-refractivity contribution in [3.05, 3.63) is 28.5 Å². The fourth-order valence-corrected chi connectivity index (χ4v) is 4.43. The van der Waals surface area contributed by atoms with Gasteiger partial charge in [-0.1, -0.05) is 22.9 Å². The normalized spacial score (nSPS) is 11.4. The van der Waals surface area contributed by atoms with E-state index in [2.05, 4.69) is 14.7 Å². The van der Waals surface area contributed by atoms with E-state index in [4.69, 9.17) is 11.6 Å². The molecular formula is C11H13ClN4O2S2. The van der Waals surface area contributed by atoms with Crippen LogP contribution in [0, 0.1) is 6.92 Å². The van der Waals surface area contributed by atoms with Crippen LogP contribution >= 0.6 is 22.9 Å². The number of nitrogens with zero attached hydrogens (tertiary/aromatic N) is 3. The van der Waals surface area contributed by atoms with Crippen molar-refractivity contribution in [2.24, 2.45) is 0 Å². The van der Waals surface area contributed by atoms with Gasteiger partial charge in [0.2, 0.25) is 0 Å². The number of pyridine rings is 1. The monoisotopic (exact) mass is 332 g/mol. The first kappa shape index (κ1) is 15.0. The number of nitrogens with one attached hydrogen (secondary N) is 1. The van der Waals surface area contributed by atoms with Crippen LogP contribution in [0.15, 0.2) is 22.5 Å². The molecule has 108 valence electrons. The second-order valence-corrected chi connectivity index (χ2v) is 7.67. The van der Waals surface area contributed by atoms with E-state index in [1.165, 1.54) is 0 Å². The zero-order valence-corrected chi connectivity index (χ0v) is 13.5. The summed E-state index contributed by atoms with van der Waals surface area (Å²) < 4.78 is 27.6. The van der Waals surface area contributed by atoms with E-state index in [-0.39, 0.29) is 8.68 Å². The minimum absolute atomic E-state index is 0.107. The Labute approximate surface area is 126 Å². The molecule has 0 spiro atoms. The number of hydrogen-bond donors (Lipinski definition) is 1. The highest BCUT2D eigenvalue weighted by Crippen LogP contribution is 2.30. The molecule has 0 radical (unpaired) electrons. The molecule has 2 aromatic heterocycles. The summed E-state index contributed by atoms with van der Waals surface area (Å²) in [6.07, 6.45) is 1.60. The summed E-state index contributed by atoms with van der Waals surface area (Å²) in [5.41, 5.74) is 0.782. The lowest BCUT2D eigenvalue weighted by molar-refractivity contribution is 0.602. The second kappa shape index (κ2) is 5.55. The zero-order valence-electron chi connectivity index (χ0n) is 11.1. The fourth-order valence-electron chi connectivity index (χ4n) is 1.62. The predicted molar refractivity (Wildman–Crippen MR) is 81.2 cm³/mol. The topological polar surface area (TPSA) is 75.2 Å². The number of halogens is 1. The van der Waals surface area contributed by atoms with Gasteiger partial charge in [-0.15, -0.1) is 0 Å². The van der Waals surface area contributed by atoms with Gasteiger partial charge in [-0.3, -0.25) is 4.72 Å². The Bertz CT molecular complexity index is 728. The van der Waals surface area contributed by atoms with Crippen molar-refractivity contribution in [3.8, 4) is 0 Å². The van der Waals surface area contributed by atoms with Gasteiger partial charge >= 0.3 is 0 Å². The summed E-state index contributed by atoms with van der Waals surface area (Å²) in [6, 6.07) is 3.31. The van der Waals surface area contributed by atoms with E-state index in [9.17, 15) is 8.42 Å². The van der Waals surface area contributed by atoms with Gasteiger partial charge in [-0.2, -0.15) is 0 Å². The number of anilines is 2. The van der Waals surface area contributed by atoms with Crippen molar-refractivity contribution < 1.29 is 8.42 Å². The summed E-state index contributed by atoms with van der Waals surface area (Å²) in [4.78, 5) is 9.79. The van der Waals surface area contributed by atoms with Crippen molar-refractivity contribution in [1.29, 1.82) is 0 Å². The summed E-state index contributed by atoms with van der Waals surface area (Å²) in [5.74, 6) is 0.532. The standard InChI is InChI=1S/C11H13ClN4O2S2/c1-7-10(19-11(12)14-7)20(17,18)15-8-5-4-6-13-9(8)16(2)3/h4-6,15H,1-3H3. The molecule has 0 atom stereocenters. The SMILES string of the molecule is Cc1nc(Cl)sc1S(=O)(=O)Nc1cccnc1N(C)C. The Kier molecular flexibility index (Phi) is 4.17. The third kappa shape index (κ3) is 3.02. The average Bonchev–Trinajstić information content (AvgIpc) is 2.69. The molecule has 0 saturated heterocycles. The summed E-state index contributed by atoms with van der Waals surface area (Å²) in [6.45, 7) is 1.60. The highest BCUT2D eigenvalue weighted by atomic mass is 35.5. The Morgan fingerprint density at radius 3 is 2.65 bits per heavy atom. The number of sulfonamides is 1. The molecular weight excluding hydrogens is 320 g/mol. The van der Waals surface area contributed by atoms with Gasteiger partial charge in [-0.25, -0.2) is 18.4 Å². The molecule has 0 aliphatic rings. The molecule has 2 aromatic rings. The lowest BCUT2D eigenvalue weighted by Gasteiger charge is -2.16. The van der Waals surface area contributed by atoms with Crippen molar-refractivity contribution >= 4 is 44.5 Å². The van der Waals surface area contributed by atoms with Crippen LogP contribution < -0.4 is 9.62 Å². The third-order valence-corrected chi connectivity index (χ3v) is 5.66. The third-order valence-electron chi connectivity index (χ3n) is 2.43. The minimum Gasteiger partial charge on any atom is -0.361 e. The molecule has 0 amide bonds. The van der Waals surface area contributed by atoms with Crippen molar-refractivity contribution in [2.45, 2.75) is 11.1 Å². The number of aryl methyl sites for hydroxylation is 1. The summed E-state index contributed by atoms with van der Waals surface area (Å²) >= 11 is 6.68. The van der Waals surface area contributed by atoms with Crippen LogP contribution in [0.25, 0.3) is 0 Å². The molecule has 0 saturated carbocycles. The maximum Gasteiger partial charge on any atom is 0.273 e. The molecule has 0 bridgehead atoms. The van der Waals surface area contributed by atoms with Crippen LogP contribution in [0.4, 0.5) is 11.5 Å². The lowest BCUT2D eigenvalue weighted by atomic mass is 10.4. The lowest BCUT2D eigenvalue weighted by Crippen LogP contribution is -2.18. The zero-order chi connectivity index (χ0) is 14.9. The Morgan fingerprint density at radius 1 is 1.40 bits per heavy atom. The first-order chi connectivity index (χ1) is 9.31. The maximum absolute atomic E-state index is 12.4. The molecule has 2 rings (SSSR count). The van der Waals surface area contributed by atoms with E-state index in [1.807, 2.05) is 0 Å². The fraction of sp³-hybridized carbons (Fsp3) is 0.273. The predicted octanol–water partition coefficient (Wildman–Crippen LogP) is 2.37. The van der Waals surface area contributed by atoms with Crippen molar-refractivity contribution in [1.82, 2.24) is 9.97 Å². The van der Waals surface area contributed by atoms with E-state index < -0.39 is 10.0 Å². The first-order valence-corrected chi connectivity index (χ1v) is 8.27. The number of hydrogen-bond acceptors (Lipinski definition) is 6. The summed E-state index contributed by atoms with van der Waals surface area (Å²) in [5, 5.41) is 0. The minimum atomic E-state index is -3.72. The van der Waals surface area contributed by atoms with E-state index in [0.717, 1.165) is 11.3 Å². The molecule has 0 aromatic carbocycles. The molecule has 6 nitrogen and oxygen atoms in total. The molecule has 20 heavy (non-hydrogen) atoms. The van der Waals surface area contributed by atoms with E-state index in [1.54, 1.807) is 44.2 Å². The Hall–Kier alpha value is -1.38. The number of aromatic nitrogens is 2. The Balaban J connectivity index is 2.41. The molecule has 0 aliphatic carbocycles. The number of rotatable bonds is 4. The molecule has 0 unspecified atom stereocenters. The molecule has 1 N–H and O–H groups in total. The van der Waals surface area contributed by atoms with E-state index >= 15 is 0 Å². The van der Waals surface area contributed by atoms with Crippen molar-refractivity contribution in [3.63, 3.8) is 0 Å². The summed E-state index contributed by atoms with van der Waals surface area (Å²) in [7, 11) is -0.151. The highest BCUT2D eigenvalue weighted by molar-refractivity contribution is 7.94. The van der Waals surface area contributed by atoms with Crippen LogP contribution in [0.1, 0.15) is 5.69 Å². The molecule has 9 heteroatoms. The van der Waals surface area contributed by atoms with Gasteiger partial charge in [0, 0.05) is 20.3 Å². The smallest absolute Gasteiger partial charge is 0.273 e. The van der Waals surface area contributed by atoms with Crippen molar-refractivity contribution in [2.75, 3.05) is 23.7 Å². The largest absolute Gasteiger partial charge is 0.361 e. The quantitative estimate of drug-likeness (QED) is 0.930. The molecule has 0 fully saturated rings. The molecule has 0 aliphatic heterocycles. The highest BCUT2D eigenvalue weighted by Gasteiger charge is 2.23. The van der Waals surface area contributed by atoms with Gasteiger partial charge in [0.1, 0.15) is 0 Å². The Morgan fingerprint density at radius 2 is 2.10 bits per heavy atom. The van der Waals surface area contributed by atoms with Gasteiger partial charge in [0.05, 0.1) is 11.4 Å². The van der Waals surface area contributed by atoms with Crippen LogP contribution in [0.2, 0.25) is 4.47 Å². The number of thiazole rings is 1. The van der Waals surface area contributed by atoms with Gasteiger partial charge in [0.15, 0.2) is 14.5 Å². The second-order valence-electron chi connectivity index (χ2n) is 4.21.